The zero-order valence-corrected chi connectivity index (χ0v) is 7.17. The lowest BCUT2D eigenvalue weighted by Gasteiger charge is -2.33. The molecule has 1 heterocycles. The molecule has 3 heteroatoms. The molecule has 1 rings (SSSR count). The number of piperazine rings is 1. The Bertz CT molecular complexity index is 159. The fraction of sp³-hybridized carbons (Fsp3) is 0.875. The zero-order valence-electron chi connectivity index (χ0n) is 7.17. The van der Waals surface area contributed by atoms with Crippen LogP contribution in [0.15, 0.2) is 0 Å². The van der Waals surface area contributed by atoms with Crippen molar-refractivity contribution >= 4 is 0 Å². The lowest BCUT2D eigenvalue weighted by atomic mass is 10.2. The molecule has 0 radical (unpaired) electrons. The average Bonchev–Trinajstić information content (AvgIpc) is 2.05. The number of hydrogen-bond donors (Lipinski definition) is 1. The summed E-state index contributed by atoms with van der Waals surface area (Å²) in [6, 6.07) is 2.83. The first-order valence-corrected chi connectivity index (χ1v) is 4.11. The summed E-state index contributed by atoms with van der Waals surface area (Å²) >= 11 is 0. The van der Waals surface area contributed by atoms with Gasteiger partial charge in [-0.05, 0) is 13.8 Å². The van der Waals surface area contributed by atoms with Crippen molar-refractivity contribution in [3.8, 4) is 6.07 Å². The van der Waals surface area contributed by atoms with E-state index in [1.54, 1.807) is 0 Å². The fourth-order valence-electron chi connectivity index (χ4n) is 1.33. The van der Waals surface area contributed by atoms with E-state index in [0.29, 0.717) is 6.04 Å². The normalized spacial score (nSPS) is 26.9. The van der Waals surface area contributed by atoms with Crippen LogP contribution in [0.1, 0.15) is 13.8 Å². The molecule has 0 amide bonds. The third kappa shape index (κ3) is 2.18. The van der Waals surface area contributed by atoms with Crippen LogP contribution in [0.2, 0.25) is 0 Å². The minimum absolute atomic E-state index is 0.0335. The van der Waals surface area contributed by atoms with Crippen molar-refractivity contribution in [2.45, 2.75) is 25.9 Å². The van der Waals surface area contributed by atoms with Gasteiger partial charge >= 0.3 is 0 Å². The van der Waals surface area contributed by atoms with E-state index in [9.17, 15) is 0 Å². The van der Waals surface area contributed by atoms with Crippen molar-refractivity contribution in [3.05, 3.63) is 0 Å². The quantitative estimate of drug-likeness (QED) is 0.584. The van der Waals surface area contributed by atoms with Gasteiger partial charge in [0.1, 0.15) is 6.04 Å². The molecule has 0 saturated carbocycles. The molecule has 1 fully saturated rings. The Morgan fingerprint density at radius 3 is 2.91 bits per heavy atom. The second-order valence-corrected chi connectivity index (χ2v) is 3.22. The van der Waals surface area contributed by atoms with Gasteiger partial charge in [0, 0.05) is 25.7 Å². The highest BCUT2D eigenvalue weighted by atomic mass is 15.2. The van der Waals surface area contributed by atoms with Crippen LogP contribution in [0.5, 0.6) is 0 Å². The van der Waals surface area contributed by atoms with E-state index in [0.717, 1.165) is 19.6 Å². The Kier molecular flexibility index (Phi) is 2.86. The third-order valence-corrected chi connectivity index (χ3v) is 2.09. The van der Waals surface area contributed by atoms with Gasteiger partial charge in [0.2, 0.25) is 0 Å². The second kappa shape index (κ2) is 3.70. The lowest BCUT2D eigenvalue weighted by molar-refractivity contribution is 0.178. The van der Waals surface area contributed by atoms with Crippen molar-refractivity contribution in [1.29, 1.82) is 5.26 Å². The van der Waals surface area contributed by atoms with E-state index in [4.69, 9.17) is 5.26 Å². The van der Waals surface area contributed by atoms with E-state index in [-0.39, 0.29) is 6.04 Å². The van der Waals surface area contributed by atoms with Crippen LogP contribution in [0.4, 0.5) is 0 Å². The van der Waals surface area contributed by atoms with Crippen molar-refractivity contribution in [1.82, 2.24) is 10.2 Å². The van der Waals surface area contributed by atoms with Gasteiger partial charge in [0.05, 0.1) is 6.07 Å². The van der Waals surface area contributed by atoms with Gasteiger partial charge in [-0.2, -0.15) is 5.26 Å². The number of nitrogens with one attached hydrogen (secondary N) is 1. The van der Waals surface area contributed by atoms with Gasteiger partial charge in [0.15, 0.2) is 0 Å². The van der Waals surface area contributed by atoms with Crippen LogP contribution in [-0.2, 0) is 0 Å². The van der Waals surface area contributed by atoms with Crippen LogP contribution >= 0.6 is 0 Å². The maximum atomic E-state index is 8.65. The monoisotopic (exact) mass is 153 g/mol. The molecule has 11 heavy (non-hydrogen) atoms. The van der Waals surface area contributed by atoms with E-state index < -0.39 is 0 Å². The van der Waals surface area contributed by atoms with Crippen LogP contribution in [0, 0.1) is 11.3 Å². The first kappa shape index (κ1) is 8.51. The topological polar surface area (TPSA) is 39.1 Å². The van der Waals surface area contributed by atoms with E-state index in [2.05, 4.69) is 30.1 Å². The SMILES string of the molecule is CC(C)N1CCNC(C#N)C1. The van der Waals surface area contributed by atoms with E-state index >= 15 is 0 Å². The summed E-state index contributed by atoms with van der Waals surface area (Å²) in [7, 11) is 0. The number of rotatable bonds is 1. The Labute approximate surface area is 68.0 Å². The number of hydrogen-bond acceptors (Lipinski definition) is 3. The van der Waals surface area contributed by atoms with Gasteiger partial charge in [-0.1, -0.05) is 0 Å². The van der Waals surface area contributed by atoms with Crippen molar-refractivity contribution < 1.29 is 0 Å². The molecule has 62 valence electrons. The zero-order chi connectivity index (χ0) is 8.27. The summed E-state index contributed by atoms with van der Waals surface area (Å²) < 4.78 is 0. The maximum Gasteiger partial charge on any atom is 0.108 e. The molecule has 1 saturated heterocycles. The van der Waals surface area contributed by atoms with Crippen LogP contribution in [-0.4, -0.2) is 36.6 Å². The fourth-order valence-corrected chi connectivity index (χ4v) is 1.33. The summed E-state index contributed by atoms with van der Waals surface area (Å²) in [5.41, 5.74) is 0. The predicted octanol–water partition coefficient (Wildman–Crippen LogP) is 0.192. The summed E-state index contributed by atoms with van der Waals surface area (Å²) in [4.78, 5) is 2.32. The largest absolute Gasteiger partial charge is 0.300 e. The Morgan fingerprint density at radius 2 is 2.36 bits per heavy atom. The Morgan fingerprint density at radius 1 is 1.64 bits per heavy atom. The lowest BCUT2D eigenvalue weighted by Crippen LogP contribution is -2.52. The first-order valence-electron chi connectivity index (χ1n) is 4.11. The summed E-state index contributed by atoms with van der Waals surface area (Å²) in [5, 5.41) is 11.8. The smallest absolute Gasteiger partial charge is 0.108 e. The summed E-state index contributed by atoms with van der Waals surface area (Å²) in [6.45, 7) is 7.21. The molecule has 1 aliphatic heterocycles. The number of nitrogens with zero attached hydrogens (tertiary/aromatic N) is 2. The molecule has 3 nitrogen and oxygen atoms in total. The highest BCUT2D eigenvalue weighted by molar-refractivity contribution is 4.95. The summed E-state index contributed by atoms with van der Waals surface area (Å²) in [6.07, 6.45) is 0. The molecule has 1 aliphatic rings. The Balaban J connectivity index is 2.41. The van der Waals surface area contributed by atoms with Gasteiger partial charge in [-0.3, -0.25) is 10.2 Å². The van der Waals surface area contributed by atoms with Crippen molar-refractivity contribution in [2.24, 2.45) is 0 Å². The standard InChI is InChI=1S/C8H15N3/c1-7(2)11-4-3-10-8(5-9)6-11/h7-8,10H,3-4,6H2,1-2H3. The molecule has 1 unspecified atom stereocenters. The van der Waals surface area contributed by atoms with Gasteiger partial charge < -0.3 is 0 Å². The predicted molar refractivity (Wildman–Crippen MR) is 44.1 cm³/mol. The summed E-state index contributed by atoms with van der Waals surface area (Å²) in [5.74, 6) is 0. The van der Waals surface area contributed by atoms with Crippen molar-refractivity contribution in [2.75, 3.05) is 19.6 Å². The molecule has 1 atom stereocenters. The van der Waals surface area contributed by atoms with Gasteiger partial charge in [-0.25, -0.2) is 0 Å². The molecule has 0 spiro atoms. The van der Waals surface area contributed by atoms with Gasteiger partial charge in [-0.15, -0.1) is 0 Å². The molecule has 0 aromatic carbocycles. The maximum absolute atomic E-state index is 8.65. The molecule has 0 aromatic rings. The van der Waals surface area contributed by atoms with Crippen LogP contribution in [0.3, 0.4) is 0 Å². The highest BCUT2D eigenvalue weighted by Gasteiger charge is 2.19. The minimum atomic E-state index is 0.0335. The molecule has 0 aromatic heterocycles. The molecule has 1 N–H and O–H groups in total. The van der Waals surface area contributed by atoms with E-state index in [1.807, 2.05) is 0 Å². The van der Waals surface area contributed by atoms with Crippen LogP contribution < -0.4 is 5.32 Å². The molecular formula is C8H15N3. The first-order chi connectivity index (χ1) is 5.24. The number of nitriles is 1. The van der Waals surface area contributed by atoms with Gasteiger partial charge in [0.25, 0.3) is 0 Å². The molecule has 0 aliphatic carbocycles. The second-order valence-electron chi connectivity index (χ2n) is 3.22. The molecular weight excluding hydrogens is 138 g/mol. The van der Waals surface area contributed by atoms with Crippen molar-refractivity contribution in [3.63, 3.8) is 0 Å². The minimum Gasteiger partial charge on any atom is -0.300 e. The highest BCUT2D eigenvalue weighted by Crippen LogP contribution is 2.02. The van der Waals surface area contributed by atoms with E-state index in [1.165, 1.54) is 0 Å². The average molecular weight is 153 g/mol. The third-order valence-electron chi connectivity index (χ3n) is 2.09. The Hall–Kier alpha value is -0.590. The molecule has 0 bridgehead atoms. The van der Waals surface area contributed by atoms with Crippen LogP contribution in [0.25, 0.3) is 0 Å².